The summed E-state index contributed by atoms with van der Waals surface area (Å²) >= 11 is 0. The van der Waals surface area contributed by atoms with Crippen LogP contribution in [0.15, 0.2) is 12.4 Å². The van der Waals surface area contributed by atoms with E-state index in [2.05, 4.69) is 37.7 Å². The molecular weight excluding hydrogens is 186 g/mol. The largest absolute Gasteiger partial charge is 0.349 e. The van der Waals surface area contributed by atoms with Crippen LogP contribution in [0.4, 0.5) is 0 Å². The fourth-order valence-corrected chi connectivity index (χ4v) is 1.55. The van der Waals surface area contributed by atoms with Crippen molar-refractivity contribution < 1.29 is 0 Å². The van der Waals surface area contributed by atoms with Gasteiger partial charge in [0.1, 0.15) is 5.82 Å². The van der Waals surface area contributed by atoms with E-state index >= 15 is 0 Å². The standard InChI is InChI=1S/C12H23N3/c1-9(12(2,3)4)7-10(13)8-11-14-5-6-15-11/h5-6,9-10H,7-8,13H2,1-4H3,(H,14,15). The Morgan fingerprint density at radius 3 is 2.60 bits per heavy atom. The monoisotopic (exact) mass is 209 g/mol. The van der Waals surface area contributed by atoms with Gasteiger partial charge in [-0.05, 0) is 17.8 Å². The third-order valence-corrected chi connectivity index (χ3v) is 3.15. The molecule has 0 bridgehead atoms. The maximum atomic E-state index is 6.10. The molecule has 86 valence electrons. The van der Waals surface area contributed by atoms with Crippen molar-refractivity contribution in [1.82, 2.24) is 9.97 Å². The lowest BCUT2D eigenvalue weighted by atomic mass is 9.78. The van der Waals surface area contributed by atoms with Gasteiger partial charge in [-0.1, -0.05) is 27.7 Å². The van der Waals surface area contributed by atoms with Gasteiger partial charge in [0, 0.05) is 24.9 Å². The molecule has 0 radical (unpaired) electrons. The summed E-state index contributed by atoms with van der Waals surface area (Å²) in [7, 11) is 0. The summed E-state index contributed by atoms with van der Waals surface area (Å²) in [5.41, 5.74) is 6.44. The van der Waals surface area contributed by atoms with Crippen LogP contribution in [0.1, 0.15) is 39.9 Å². The minimum Gasteiger partial charge on any atom is -0.349 e. The van der Waals surface area contributed by atoms with Crippen LogP contribution in [0.3, 0.4) is 0 Å². The molecule has 1 aromatic rings. The fourth-order valence-electron chi connectivity index (χ4n) is 1.55. The summed E-state index contributed by atoms with van der Waals surface area (Å²) in [4.78, 5) is 7.28. The first-order valence-corrected chi connectivity index (χ1v) is 5.63. The Kier molecular flexibility index (Phi) is 3.91. The molecule has 0 amide bonds. The Hall–Kier alpha value is -0.830. The van der Waals surface area contributed by atoms with Crippen LogP contribution in [0.2, 0.25) is 0 Å². The van der Waals surface area contributed by atoms with Crippen LogP contribution >= 0.6 is 0 Å². The van der Waals surface area contributed by atoms with Crippen LogP contribution in [-0.4, -0.2) is 16.0 Å². The summed E-state index contributed by atoms with van der Waals surface area (Å²) in [6, 6.07) is 0.199. The minimum atomic E-state index is 0.199. The normalized spacial score (nSPS) is 16.3. The van der Waals surface area contributed by atoms with Crippen LogP contribution in [0.25, 0.3) is 0 Å². The zero-order valence-electron chi connectivity index (χ0n) is 10.2. The van der Waals surface area contributed by atoms with Crippen molar-refractivity contribution in [2.45, 2.75) is 46.6 Å². The molecule has 0 aliphatic rings. The van der Waals surface area contributed by atoms with Gasteiger partial charge in [-0.15, -0.1) is 0 Å². The number of rotatable bonds is 4. The van der Waals surface area contributed by atoms with Gasteiger partial charge in [0.2, 0.25) is 0 Å². The zero-order chi connectivity index (χ0) is 11.5. The average Bonchev–Trinajstić information content (AvgIpc) is 2.54. The van der Waals surface area contributed by atoms with E-state index < -0.39 is 0 Å². The lowest BCUT2D eigenvalue weighted by molar-refractivity contribution is 0.232. The van der Waals surface area contributed by atoms with Crippen molar-refractivity contribution in [2.24, 2.45) is 17.1 Å². The summed E-state index contributed by atoms with van der Waals surface area (Å²) in [6.45, 7) is 9.05. The molecule has 0 saturated heterocycles. The van der Waals surface area contributed by atoms with Gasteiger partial charge >= 0.3 is 0 Å². The number of hydrogen-bond donors (Lipinski definition) is 2. The number of hydrogen-bond acceptors (Lipinski definition) is 2. The highest BCUT2D eigenvalue weighted by Gasteiger charge is 2.22. The first-order valence-electron chi connectivity index (χ1n) is 5.63. The Bertz CT molecular complexity index is 272. The molecule has 1 rings (SSSR count). The fraction of sp³-hybridized carbons (Fsp3) is 0.750. The number of imidazole rings is 1. The molecule has 3 heteroatoms. The molecular formula is C12H23N3. The second kappa shape index (κ2) is 4.79. The maximum absolute atomic E-state index is 6.10. The third kappa shape index (κ3) is 4.04. The van der Waals surface area contributed by atoms with Crippen LogP contribution in [-0.2, 0) is 6.42 Å². The Labute approximate surface area is 92.5 Å². The first kappa shape index (κ1) is 12.2. The molecule has 3 nitrogen and oxygen atoms in total. The summed E-state index contributed by atoms with van der Waals surface area (Å²) in [5.74, 6) is 1.62. The average molecular weight is 209 g/mol. The Morgan fingerprint density at radius 1 is 1.47 bits per heavy atom. The number of nitrogens with two attached hydrogens (primary N) is 1. The molecule has 0 aliphatic heterocycles. The summed E-state index contributed by atoms with van der Waals surface area (Å²) < 4.78 is 0. The number of nitrogens with zero attached hydrogens (tertiary/aromatic N) is 1. The van der Waals surface area contributed by atoms with Crippen molar-refractivity contribution in [3.63, 3.8) is 0 Å². The molecule has 1 aromatic heterocycles. The van der Waals surface area contributed by atoms with Crippen molar-refractivity contribution >= 4 is 0 Å². The molecule has 2 unspecified atom stereocenters. The molecule has 0 saturated carbocycles. The number of nitrogens with one attached hydrogen (secondary N) is 1. The zero-order valence-corrected chi connectivity index (χ0v) is 10.2. The summed E-state index contributed by atoms with van der Waals surface area (Å²) in [6.07, 6.45) is 5.50. The van der Waals surface area contributed by atoms with Gasteiger partial charge in [-0.3, -0.25) is 0 Å². The molecule has 0 spiro atoms. The van der Waals surface area contributed by atoms with Gasteiger partial charge in [0.25, 0.3) is 0 Å². The maximum Gasteiger partial charge on any atom is 0.107 e. The van der Waals surface area contributed by atoms with Crippen molar-refractivity contribution in [3.05, 3.63) is 18.2 Å². The lowest BCUT2D eigenvalue weighted by Gasteiger charge is -2.29. The number of H-pyrrole nitrogens is 1. The number of aromatic amines is 1. The van der Waals surface area contributed by atoms with Crippen molar-refractivity contribution in [1.29, 1.82) is 0 Å². The predicted molar refractivity (Wildman–Crippen MR) is 63.5 cm³/mol. The molecule has 0 fully saturated rings. The smallest absolute Gasteiger partial charge is 0.107 e. The third-order valence-electron chi connectivity index (χ3n) is 3.15. The second-order valence-electron chi connectivity index (χ2n) is 5.50. The molecule has 15 heavy (non-hydrogen) atoms. The van der Waals surface area contributed by atoms with Crippen molar-refractivity contribution in [2.75, 3.05) is 0 Å². The van der Waals surface area contributed by atoms with E-state index in [9.17, 15) is 0 Å². The Balaban J connectivity index is 2.39. The lowest BCUT2D eigenvalue weighted by Crippen LogP contribution is -2.30. The molecule has 3 N–H and O–H groups in total. The van der Waals surface area contributed by atoms with Gasteiger partial charge in [-0.2, -0.15) is 0 Å². The van der Waals surface area contributed by atoms with E-state index in [-0.39, 0.29) is 6.04 Å². The molecule has 2 atom stereocenters. The van der Waals surface area contributed by atoms with Gasteiger partial charge in [-0.25, -0.2) is 4.98 Å². The van der Waals surface area contributed by atoms with Crippen molar-refractivity contribution in [3.8, 4) is 0 Å². The quantitative estimate of drug-likeness (QED) is 0.799. The van der Waals surface area contributed by atoms with E-state index in [4.69, 9.17) is 5.73 Å². The molecule has 1 heterocycles. The van der Waals surface area contributed by atoms with E-state index in [1.165, 1.54) is 0 Å². The van der Waals surface area contributed by atoms with Gasteiger partial charge in [0.15, 0.2) is 0 Å². The number of aromatic nitrogens is 2. The minimum absolute atomic E-state index is 0.199. The van der Waals surface area contributed by atoms with E-state index in [0.717, 1.165) is 18.7 Å². The van der Waals surface area contributed by atoms with Gasteiger partial charge in [0.05, 0.1) is 0 Å². The highest BCUT2D eigenvalue weighted by atomic mass is 14.9. The molecule has 0 aromatic carbocycles. The van der Waals surface area contributed by atoms with E-state index in [1.54, 1.807) is 6.20 Å². The second-order valence-corrected chi connectivity index (χ2v) is 5.50. The van der Waals surface area contributed by atoms with Crippen LogP contribution < -0.4 is 5.73 Å². The molecule has 0 aliphatic carbocycles. The van der Waals surface area contributed by atoms with Gasteiger partial charge < -0.3 is 10.7 Å². The van der Waals surface area contributed by atoms with E-state index in [1.807, 2.05) is 6.20 Å². The van der Waals surface area contributed by atoms with Crippen LogP contribution in [0.5, 0.6) is 0 Å². The first-order chi connectivity index (χ1) is 6.89. The van der Waals surface area contributed by atoms with E-state index in [0.29, 0.717) is 11.3 Å². The highest BCUT2D eigenvalue weighted by Crippen LogP contribution is 2.28. The van der Waals surface area contributed by atoms with Crippen LogP contribution in [0, 0.1) is 11.3 Å². The summed E-state index contributed by atoms with van der Waals surface area (Å²) in [5, 5.41) is 0. The SMILES string of the molecule is CC(CC(N)Cc1ncc[nH]1)C(C)(C)C. The Morgan fingerprint density at radius 2 is 2.13 bits per heavy atom. The predicted octanol–water partition coefficient (Wildman–Crippen LogP) is 2.35. The highest BCUT2D eigenvalue weighted by molar-refractivity contribution is 4.91. The topological polar surface area (TPSA) is 54.7 Å².